The fourth-order valence-corrected chi connectivity index (χ4v) is 3.34. The number of benzene rings is 1. The van der Waals surface area contributed by atoms with E-state index in [0.717, 1.165) is 23.7 Å². The lowest BCUT2D eigenvalue weighted by Crippen LogP contribution is -2.42. The van der Waals surface area contributed by atoms with Crippen molar-refractivity contribution in [3.05, 3.63) is 29.8 Å². The molecule has 0 unspecified atom stereocenters. The molecule has 2 rings (SSSR count). The monoisotopic (exact) mass is 318 g/mol. The van der Waals surface area contributed by atoms with E-state index < -0.39 is 0 Å². The highest BCUT2D eigenvalue weighted by atomic mass is 16.5. The van der Waals surface area contributed by atoms with Crippen LogP contribution in [0.1, 0.15) is 38.2 Å². The molecule has 0 bridgehead atoms. The number of methoxy groups -OCH3 is 1. The van der Waals surface area contributed by atoms with Crippen LogP contribution >= 0.6 is 0 Å². The molecule has 1 amide bonds. The summed E-state index contributed by atoms with van der Waals surface area (Å²) in [6.45, 7) is 3.46. The number of para-hydroxylation sites is 1. The van der Waals surface area contributed by atoms with Gasteiger partial charge in [0.15, 0.2) is 0 Å². The highest BCUT2D eigenvalue weighted by molar-refractivity contribution is 5.78. The third-order valence-electron chi connectivity index (χ3n) is 4.91. The van der Waals surface area contributed by atoms with Gasteiger partial charge in [-0.3, -0.25) is 9.69 Å². The van der Waals surface area contributed by atoms with Gasteiger partial charge in [0.1, 0.15) is 5.75 Å². The van der Waals surface area contributed by atoms with Gasteiger partial charge in [0.2, 0.25) is 5.91 Å². The maximum absolute atomic E-state index is 12.1. The van der Waals surface area contributed by atoms with Crippen LogP contribution in [-0.2, 0) is 11.2 Å². The van der Waals surface area contributed by atoms with Crippen LogP contribution in [0.15, 0.2) is 24.3 Å². The van der Waals surface area contributed by atoms with E-state index in [1.165, 1.54) is 25.7 Å². The van der Waals surface area contributed by atoms with Crippen molar-refractivity contribution in [1.82, 2.24) is 10.2 Å². The maximum Gasteiger partial charge on any atom is 0.234 e. The molecule has 0 saturated heterocycles. The molecule has 0 aromatic heterocycles. The summed E-state index contributed by atoms with van der Waals surface area (Å²) >= 11 is 0. The number of carbonyl (C=O) groups is 1. The van der Waals surface area contributed by atoms with Crippen LogP contribution in [0.2, 0.25) is 0 Å². The molecule has 1 aromatic carbocycles. The minimum absolute atomic E-state index is 0.112. The molecule has 23 heavy (non-hydrogen) atoms. The molecule has 0 heterocycles. The van der Waals surface area contributed by atoms with E-state index >= 15 is 0 Å². The quantitative estimate of drug-likeness (QED) is 0.840. The predicted molar refractivity (Wildman–Crippen MR) is 93.8 cm³/mol. The Morgan fingerprint density at radius 1 is 1.26 bits per heavy atom. The second kappa shape index (κ2) is 8.92. The summed E-state index contributed by atoms with van der Waals surface area (Å²) in [7, 11) is 3.75. The van der Waals surface area contributed by atoms with Crippen molar-refractivity contribution in [2.45, 2.75) is 45.1 Å². The number of amides is 1. The molecule has 0 radical (unpaired) electrons. The molecule has 1 N–H and O–H groups in total. The van der Waals surface area contributed by atoms with E-state index in [1.807, 2.05) is 24.3 Å². The summed E-state index contributed by atoms with van der Waals surface area (Å²) in [6, 6.07) is 8.51. The molecule has 0 spiro atoms. The summed E-state index contributed by atoms with van der Waals surface area (Å²) in [5, 5.41) is 3.03. The Morgan fingerprint density at radius 3 is 2.65 bits per heavy atom. The van der Waals surface area contributed by atoms with Crippen LogP contribution in [0.5, 0.6) is 5.75 Å². The Morgan fingerprint density at radius 2 is 1.96 bits per heavy atom. The summed E-state index contributed by atoms with van der Waals surface area (Å²) < 4.78 is 5.33. The Hall–Kier alpha value is -1.55. The maximum atomic E-state index is 12.1. The second-order valence-electron chi connectivity index (χ2n) is 6.74. The third-order valence-corrected chi connectivity index (χ3v) is 4.91. The zero-order valence-corrected chi connectivity index (χ0v) is 14.7. The van der Waals surface area contributed by atoms with Gasteiger partial charge in [-0.1, -0.05) is 25.1 Å². The van der Waals surface area contributed by atoms with E-state index in [1.54, 1.807) is 7.11 Å². The average molecular weight is 318 g/mol. The topological polar surface area (TPSA) is 41.6 Å². The van der Waals surface area contributed by atoms with Crippen molar-refractivity contribution in [2.75, 3.05) is 27.2 Å². The molecule has 4 nitrogen and oxygen atoms in total. The van der Waals surface area contributed by atoms with Crippen molar-refractivity contribution in [3.63, 3.8) is 0 Å². The minimum Gasteiger partial charge on any atom is -0.496 e. The lowest BCUT2D eigenvalue weighted by molar-refractivity contribution is -0.122. The number of carbonyl (C=O) groups excluding carboxylic acids is 1. The molecule has 0 atom stereocenters. The largest absolute Gasteiger partial charge is 0.496 e. The Bertz CT molecular complexity index is 496. The molecule has 0 aliphatic heterocycles. The smallest absolute Gasteiger partial charge is 0.234 e. The van der Waals surface area contributed by atoms with Crippen LogP contribution in [0, 0.1) is 5.92 Å². The lowest BCUT2D eigenvalue weighted by atomic mass is 9.87. The van der Waals surface area contributed by atoms with Crippen LogP contribution in [-0.4, -0.2) is 44.1 Å². The van der Waals surface area contributed by atoms with E-state index in [4.69, 9.17) is 4.74 Å². The van der Waals surface area contributed by atoms with E-state index in [9.17, 15) is 4.79 Å². The summed E-state index contributed by atoms with van der Waals surface area (Å²) in [6.07, 6.45) is 5.79. The number of hydrogen-bond acceptors (Lipinski definition) is 3. The Kier molecular flexibility index (Phi) is 6.90. The molecule has 1 saturated carbocycles. The molecule has 1 aromatic rings. The third kappa shape index (κ3) is 5.54. The zero-order valence-electron chi connectivity index (χ0n) is 14.7. The molecule has 1 aliphatic rings. The highest BCUT2D eigenvalue weighted by Crippen LogP contribution is 2.26. The van der Waals surface area contributed by atoms with Gasteiger partial charge in [-0.2, -0.15) is 0 Å². The molecule has 1 fully saturated rings. The lowest BCUT2D eigenvalue weighted by Gasteiger charge is -2.33. The first-order chi connectivity index (χ1) is 11.1. The van der Waals surface area contributed by atoms with E-state index in [-0.39, 0.29) is 5.91 Å². The van der Waals surface area contributed by atoms with Crippen molar-refractivity contribution in [1.29, 1.82) is 0 Å². The van der Waals surface area contributed by atoms with Crippen LogP contribution in [0.4, 0.5) is 0 Å². The minimum atomic E-state index is 0.112. The van der Waals surface area contributed by atoms with Gasteiger partial charge in [0.25, 0.3) is 0 Å². The number of rotatable bonds is 7. The molecule has 128 valence electrons. The standard InChI is InChI=1S/C19H30N2O2/c1-15-8-10-17(11-9-15)21(2)14-19(22)20-13-12-16-6-4-5-7-18(16)23-3/h4-7,15,17H,8-14H2,1-3H3,(H,20,22). The van der Waals surface area contributed by atoms with Crippen LogP contribution in [0.25, 0.3) is 0 Å². The molecular formula is C19H30N2O2. The fourth-order valence-electron chi connectivity index (χ4n) is 3.34. The normalized spacial score (nSPS) is 21.2. The van der Waals surface area contributed by atoms with Crippen molar-refractivity contribution < 1.29 is 9.53 Å². The van der Waals surface area contributed by atoms with E-state index in [2.05, 4.69) is 24.2 Å². The summed E-state index contributed by atoms with van der Waals surface area (Å²) in [5.41, 5.74) is 1.13. The number of nitrogens with zero attached hydrogens (tertiary/aromatic N) is 1. The predicted octanol–water partition coefficient (Wildman–Crippen LogP) is 2.86. The van der Waals surface area contributed by atoms with Gasteiger partial charge >= 0.3 is 0 Å². The van der Waals surface area contributed by atoms with Gasteiger partial charge < -0.3 is 10.1 Å². The number of likely N-dealkylation sites (N-methyl/N-ethyl adjacent to an activating group) is 1. The Labute approximate surface area is 140 Å². The fraction of sp³-hybridized carbons (Fsp3) is 0.632. The average Bonchev–Trinajstić information content (AvgIpc) is 2.55. The number of nitrogens with one attached hydrogen (secondary N) is 1. The van der Waals surface area contributed by atoms with Crippen molar-refractivity contribution in [3.8, 4) is 5.75 Å². The van der Waals surface area contributed by atoms with Crippen LogP contribution < -0.4 is 10.1 Å². The van der Waals surface area contributed by atoms with Crippen molar-refractivity contribution >= 4 is 5.91 Å². The van der Waals surface area contributed by atoms with Gasteiger partial charge in [-0.25, -0.2) is 0 Å². The van der Waals surface area contributed by atoms with Crippen LogP contribution in [0.3, 0.4) is 0 Å². The van der Waals surface area contributed by atoms with Crippen molar-refractivity contribution in [2.24, 2.45) is 5.92 Å². The van der Waals surface area contributed by atoms with E-state index in [0.29, 0.717) is 19.1 Å². The first-order valence-electron chi connectivity index (χ1n) is 8.69. The second-order valence-corrected chi connectivity index (χ2v) is 6.74. The Balaban J connectivity index is 1.70. The van der Waals surface area contributed by atoms with Gasteiger partial charge in [-0.15, -0.1) is 0 Å². The number of hydrogen-bond donors (Lipinski definition) is 1. The molecule has 1 aliphatic carbocycles. The summed E-state index contributed by atoms with van der Waals surface area (Å²) in [5.74, 6) is 1.84. The SMILES string of the molecule is COc1ccccc1CCNC(=O)CN(C)C1CCC(C)CC1. The van der Waals surface area contributed by atoms with Gasteiger partial charge in [-0.05, 0) is 56.7 Å². The molecular weight excluding hydrogens is 288 g/mol. The summed E-state index contributed by atoms with van der Waals surface area (Å²) in [4.78, 5) is 14.3. The first-order valence-corrected chi connectivity index (χ1v) is 8.69. The first kappa shape index (κ1) is 17.8. The number of ether oxygens (including phenoxy) is 1. The van der Waals surface area contributed by atoms with Gasteiger partial charge in [0, 0.05) is 12.6 Å². The molecule has 4 heteroatoms. The highest BCUT2D eigenvalue weighted by Gasteiger charge is 2.22. The zero-order chi connectivity index (χ0) is 16.7. The van der Waals surface area contributed by atoms with Gasteiger partial charge in [0.05, 0.1) is 13.7 Å².